The highest BCUT2D eigenvalue weighted by Gasteiger charge is 2.38. The van der Waals surface area contributed by atoms with Gasteiger partial charge in [-0.1, -0.05) is 0 Å². The monoisotopic (exact) mass is 299 g/mol. The third kappa shape index (κ3) is 3.85. The fraction of sp³-hybridized carbons (Fsp3) is 0.929. The van der Waals surface area contributed by atoms with Crippen molar-refractivity contribution in [2.75, 3.05) is 39.5 Å². The van der Waals surface area contributed by atoms with Gasteiger partial charge < -0.3 is 25.2 Å². The van der Waals surface area contributed by atoms with Crippen molar-refractivity contribution in [3.63, 3.8) is 0 Å². The number of aliphatic hydroxyl groups excluding tert-OH is 1. The molecule has 3 N–H and O–H groups in total. The van der Waals surface area contributed by atoms with Gasteiger partial charge >= 0.3 is 6.03 Å². The summed E-state index contributed by atoms with van der Waals surface area (Å²) in [5.41, 5.74) is 0. The molecule has 1 saturated carbocycles. The summed E-state index contributed by atoms with van der Waals surface area (Å²) in [6, 6.07) is -0.218. The van der Waals surface area contributed by atoms with E-state index in [1.165, 1.54) is 6.42 Å². The highest BCUT2D eigenvalue weighted by molar-refractivity contribution is 5.74. The van der Waals surface area contributed by atoms with Gasteiger partial charge in [-0.2, -0.15) is 0 Å². The van der Waals surface area contributed by atoms with E-state index in [9.17, 15) is 9.90 Å². The Bertz CT molecular complexity index is 358. The van der Waals surface area contributed by atoms with Gasteiger partial charge in [0, 0.05) is 25.7 Å². The van der Waals surface area contributed by atoms with Crippen molar-refractivity contribution >= 4 is 6.03 Å². The topological polar surface area (TPSA) is 83.1 Å². The minimum Gasteiger partial charge on any atom is -0.388 e. The van der Waals surface area contributed by atoms with E-state index in [-0.39, 0.29) is 18.2 Å². The van der Waals surface area contributed by atoms with Crippen molar-refractivity contribution in [1.29, 1.82) is 0 Å². The fourth-order valence-electron chi connectivity index (χ4n) is 2.96. The molecule has 0 aromatic rings. The van der Waals surface area contributed by atoms with Crippen LogP contribution in [0, 0.1) is 0 Å². The fourth-order valence-corrected chi connectivity index (χ4v) is 2.96. The van der Waals surface area contributed by atoms with Gasteiger partial charge in [0.2, 0.25) is 0 Å². The molecule has 3 unspecified atom stereocenters. The number of rotatable bonds is 4. The van der Waals surface area contributed by atoms with Crippen LogP contribution in [0.15, 0.2) is 0 Å². The van der Waals surface area contributed by atoms with Gasteiger partial charge in [0.1, 0.15) is 6.10 Å². The number of carbonyl (C=O) groups excluding carboxylic acids is 1. The smallest absolute Gasteiger partial charge is 0.315 e. The summed E-state index contributed by atoms with van der Waals surface area (Å²) in [4.78, 5) is 14.1. The van der Waals surface area contributed by atoms with E-state index in [1.54, 1.807) is 0 Å². The van der Waals surface area contributed by atoms with Crippen LogP contribution >= 0.6 is 0 Å². The van der Waals surface area contributed by atoms with Crippen LogP contribution in [-0.4, -0.2) is 79.8 Å². The van der Waals surface area contributed by atoms with E-state index < -0.39 is 6.10 Å². The minimum absolute atomic E-state index is 0.195. The van der Waals surface area contributed by atoms with E-state index in [0.717, 1.165) is 39.1 Å². The summed E-state index contributed by atoms with van der Waals surface area (Å²) in [6.07, 6.45) is 2.40. The molecule has 7 nitrogen and oxygen atoms in total. The Morgan fingerprint density at radius 3 is 2.67 bits per heavy atom. The van der Waals surface area contributed by atoms with E-state index in [0.29, 0.717) is 19.2 Å². The zero-order chi connectivity index (χ0) is 14.7. The molecule has 3 fully saturated rings. The van der Waals surface area contributed by atoms with Crippen LogP contribution in [0.1, 0.15) is 19.3 Å². The molecule has 1 aliphatic carbocycles. The van der Waals surface area contributed by atoms with Crippen LogP contribution in [0.3, 0.4) is 0 Å². The number of hydrogen-bond donors (Lipinski definition) is 3. The number of morpholine rings is 1. The number of ether oxygens (including phenoxy) is 2. The maximum absolute atomic E-state index is 11.8. The number of urea groups is 1. The summed E-state index contributed by atoms with van der Waals surface area (Å²) >= 11 is 0. The second-order valence-corrected chi connectivity index (χ2v) is 6.13. The van der Waals surface area contributed by atoms with Gasteiger partial charge in [0.05, 0.1) is 32.0 Å². The summed E-state index contributed by atoms with van der Waals surface area (Å²) in [5, 5.41) is 16.1. The number of nitrogens with zero attached hydrogens (tertiary/aromatic N) is 1. The molecule has 3 aliphatic rings. The van der Waals surface area contributed by atoms with Gasteiger partial charge in [0.15, 0.2) is 0 Å². The Balaban J connectivity index is 1.41. The van der Waals surface area contributed by atoms with Crippen molar-refractivity contribution in [3.8, 4) is 0 Å². The first-order chi connectivity index (χ1) is 10.2. The van der Waals surface area contributed by atoms with Crippen molar-refractivity contribution in [2.45, 2.75) is 43.6 Å². The van der Waals surface area contributed by atoms with Gasteiger partial charge in [-0.05, 0) is 19.3 Å². The molecular weight excluding hydrogens is 274 g/mol. The van der Waals surface area contributed by atoms with E-state index in [4.69, 9.17) is 9.47 Å². The SMILES string of the molecule is O=C(NC1CCC1)NC1COC(CN2CCOCC2)C1O. The van der Waals surface area contributed by atoms with Gasteiger partial charge in [-0.15, -0.1) is 0 Å². The highest BCUT2D eigenvalue weighted by Crippen LogP contribution is 2.19. The lowest BCUT2D eigenvalue weighted by molar-refractivity contribution is -0.0180. The highest BCUT2D eigenvalue weighted by atomic mass is 16.5. The van der Waals surface area contributed by atoms with Crippen molar-refractivity contribution in [2.24, 2.45) is 0 Å². The maximum Gasteiger partial charge on any atom is 0.315 e. The van der Waals surface area contributed by atoms with Crippen LogP contribution in [0.4, 0.5) is 4.79 Å². The molecule has 0 aromatic carbocycles. The second kappa shape index (κ2) is 6.91. The van der Waals surface area contributed by atoms with Crippen LogP contribution in [-0.2, 0) is 9.47 Å². The summed E-state index contributed by atoms with van der Waals surface area (Å²) < 4.78 is 11.0. The zero-order valence-electron chi connectivity index (χ0n) is 12.3. The summed E-state index contributed by atoms with van der Waals surface area (Å²) in [5.74, 6) is 0. The van der Waals surface area contributed by atoms with Gasteiger partial charge in [-0.3, -0.25) is 4.90 Å². The third-order valence-electron chi connectivity index (χ3n) is 4.58. The first-order valence-electron chi connectivity index (χ1n) is 7.89. The molecule has 3 rings (SSSR count). The van der Waals surface area contributed by atoms with Crippen LogP contribution in [0.25, 0.3) is 0 Å². The molecule has 7 heteroatoms. The molecule has 2 heterocycles. The van der Waals surface area contributed by atoms with E-state index in [2.05, 4.69) is 15.5 Å². The summed E-state index contributed by atoms with van der Waals surface area (Å²) in [7, 11) is 0. The first kappa shape index (κ1) is 15.0. The number of hydrogen-bond acceptors (Lipinski definition) is 5. The maximum atomic E-state index is 11.8. The van der Waals surface area contributed by atoms with Crippen LogP contribution < -0.4 is 10.6 Å². The van der Waals surface area contributed by atoms with E-state index >= 15 is 0 Å². The first-order valence-corrected chi connectivity index (χ1v) is 7.89. The van der Waals surface area contributed by atoms with Crippen LogP contribution in [0.5, 0.6) is 0 Å². The molecule has 2 saturated heterocycles. The molecule has 21 heavy (non-hydrogen) atoms. The number of nitrogens with one attached hydrogen (secondary N) is 2. The van der Waals surface area contributed by atoms with Crippen molar-refractivity contribution in [3.05, 3.63) is 0 Å². The number of carbonyl (C=O) groups is 1. The van der Waals surface area contributed by atoms with Gasteiger partial charge in [0.25, 0.3) is 0 Å². The molecule has 2 aliphatic heterocycles. The Labute approximate surface area is 125 Å². The standard InChI is InChI=1S/C14H25N3O4/c18-13-11(16-14(19)15-10-2-1-3-10)9-21-12(13)8-17-4-6-20-7-5-17/h10-13,18H,1-9H2,(H2,15,16,19). The number of aliphatic hydroxyl groups is 1. The Morgan fingerprint density at radius 1 is 1.24 bits per heavy atom. The quantitative estimate of drug-likeness (QED) is 0.639. The Kier molecular flexibility index (Phi) is 4.95. The predicted molar refractivity (Wildman–Crippen MR) is 76.1 cm³/mol. The van der Waals surface area contributed by atoms with Crippen molar-refractivity contribution in [1.82, 2.24) is 15.5 Å². The van der Waals surface area contributed by atoms with E-state index in [1.807, 2.05) is 0 Å². The molecule has 0 bridgehead atoms. The molecule has 0 aromatic heterocycles. The minimum atomic E-state index is -0.653. The third-order valence-corrected chi connectivity index (χ3v) is 4.58. The average molecular weight is 299 g/mol. The second-order valence-electron chi connectivity index (χ2n) is 6.13. The molecule has 2 amide bonds. The normalized spacial score (nSPS) is 34.4. The van der Waals surface area contributed by atoms with Crippen LogP contribution in [0.2, 0.25) is 0 Å². The van der Waals surface area contributed by atoms with Crippen molar-refractivity contribution < 1.29 is 19.4 Å². The van der Waals surface area contributed by atoms with Gasteiger partial charge in [-0.25, -0.2) is 4.79 Å². The molecule has 0 radical (unpaired) electrons. The lowest BCUT2D eigenvalue weighted by atomic mass is 9.93. The average Bonchev–Trinajstić information content (AvgIpc) is 2.77. The predicted octanol–water partition coefficient (Wildman–Crippen LogP) is -0.701. The largest absolute Gasteiger partial charge is 0.388 e. The lowest BCUT2D eigenvalue weighted by Gasteiger charge is -2.30. The Hall–Kier alpha value is -0.890. The number of amides is 2. The molecule has 0 spiro atoms. The summed E-state index contributed by atoms with van der Waals surface area (Å²) in [6.45, 7) is 4.25. The lowest BCUT2D eigenvalue weighted by Crippen LogP contribution is -2.53. The zero-order valence-corrected chi connectivity index (χ0v) is 12.3. The Morgan fingerprint density at radius 2 is 2.00 bits per heavy atom. The molecule has 3 atom stereocenters. The molecular formula is C14H25N3O4. The molecule has 120 valence electrons.